The van der Waals surface area contributed by atoms with Crippen LogP contribution in [0.25, 0.3) is 0 Å². The highest BCUT2D eigenvalue weighted by Crippen LogP contribution is 2.39. The maximum Gasteiger partial charge on any atom is 0.239 e. The predicted molar refractivity (Wildman–Crippen MR) is 73.6 cm³/mol. The van der Waals surface area contributed by atoms with E-state index in [1.165, 1.54) is 0 Å². The molecule has 102 valence electrons. The topological polar surface area (TPSA) is 58.1 Å². The summed E-state index contributed by atoms with van der Waals surface area (Å²) in [7, 11) is 0. The van der Waals surface area contributed by atoms with E-state index >= 15 is 0 Å². The Hall–Kier alpha value is -1.36. The first-order valence-corrected chi connectivity index (χ1v) is 7.08. The molecule has 0 atom stereocenters. The van der Waals surface area contributed by atoms with Gasteiger partial charge in [0.25, 0.3) is 0 Å². The number of anilines is 1. The number of carbonyl (C=O) groups is 1. The highest BCUT2D eigenvalue weighted by Gasteiger charge is 2.29. The average Bonchev–Trinajstić information content (AvgIpc) is 3.19. The molecule has 19 heavy (non-hydrogen) atoms. The van der Waals surface area contributed by atoms with Crippen LogP contribution in [-0.2, 0) is 4.79 Å². The quantitative estimate of drug-likeness (QED) is 0.837. The van der Waals surface area contributed by atoms with Gasteiger partial charge in [0.2, 0.25) is 5.91 Å². The van der Waals surface area contributed by atoms with Crippen molar-refractivity contribution in [3.63, 3.8) is 0 Å². The molecule has 1 aliphatic heterocycles. The third-order valence-corrected chi connectivity index (χ3v) is 3.95. The lowest BCUT2D eigenvalue weighted by molar-refractivity contribution is -0.119. The Labute approximate surface area is 117 Å². The molecule has 6 heteroatoms. The van der Waals surface area contributed by atoms with E-state index in [1.54, 1.807) is 0 Å². The van der Waals surface area contributed by atoms with Crippen molar-refractivity contribution < 1.29 is 4.79 Å². The van der Waals surface area contributed by atoms with Gasteiger partial charge in [0.1, 0.15) is 16.8 Å². The van der Waals surface area contributed by atoms with Gasteiger partial charge in [-0.15, -0.1) is 0 Å². The Balaban J connectivity index is 1.95. The molecule has 0 aromatic carbocycles. The molecule has 1 aliphatic carbocycles. The zero-order chi connectivity index (χ0) is 13.4. The Morgan fingerprint density at radius 3 is 2.89 bits per heavy atom. The van der Waals surface area contributed by atoms with E-state index < -0.39 is 0 Å². The molecule has 0 unspecified atom stereocenters. The van der Waals surface area contributed by atoms with E-state index in [4.69, 9.17) is 11.6 Å². The second-order valence-electron chi connectivity index (χ2n) is 5.22. The van der Waals surface area contributed by atoms with Gasteiger partial charge in [-0.1, -0.05) is 11.6 Å². The maximum atomic E-state index is 11.7. The highest BCUT2D eigenvalue weighted by molar-refractivity contribution is 6.30. The molecule has 1 N–H and O–H groups in total. The molecule has 3 rings (SSSR count). The highest BCUT2D eigenvalue weighted by atomic mass is 35.5. The van der Waals surface area contributed by atoms with Crippen LogP contribution in [0.15, 0.2) is 0 Å². The third kappa shape index (κ3) is 2.66. The summed E-state index contributed by atoms with van der Waals surface area (Å²) in [4.78, 5) is 22.7. The first-order chi connectivity index (χ1) is 9.15. The van der Waals surface area contributed by atoms with Crippen LogP contribution in [0.3, 0.4) is 0 Å². The number of hydrogen-bond acceptors (Lipinski definition) is 4. The van der Waals surface area contributed by atoms with Gasteiger partial charge >= 0.3 is 0 Å². The van der Waals surface area contributed by atoms with Gasteiger partial charge in [-0.25, -0.2) is 9.97 Å². The number of rotatable bonds is 2. The standard InChI is InChI=1S/C13H17ClN4O/c1-8-11(14)16-12(9-3-4-9)17-13(8)18-6-2-5-15-10(19)7-18/h9H,2-7H2,1H3,(H,15,19). The third-order valence-electron chi connectivity index (χ3n) is 3.58. The fourth-order valence-corrected chi connectivity index (χ4v) is 2.48. The lowest BCUT2D eigenvalue weighted by atomic mass is 10.2. The fourth-order valence-electron chi connectivity index (χ4n) is 2.31. The summed E-state index contributed by atoms with van der Waals surface area (Å²) < 4.78 is 0. The summed E-state index contributed by atoms with van der Waals surface area (Å²) >= 11 is 6.21. The summed E-state index contributed by atoms with van der Waals surface area (Å²) in [5.41, 5.74) is 0.862. The molecule has 1 aromatic rings. The van der Waals surface area contributed by atoms with Crippen molar-refractivity contribution in [3.05, 3.63) is 16.5 Å². The van der Waals surface area contributed by atoms with Crippen molar-refractivity contribution in [2.45, 2.75) is 32.1 Å². The monoisotopic (exact) mass is 280 g/mol. The Morgan fingerprint density at radius 2 is 2.16 bits per heavy atom. The summed E-state index contributed by atoms with van der Waals surface area (Å²) in [5.74, 6) is 2.14. The Morgan fingerprint density at radius 1 is 1.37 bits per heavy atom. The Bertz CT molecular complexity index is 516. The minimum absolute atomic E-state index is 0.0413. The molecule has 0 spiro atoms. The number of carbonyl (C=O) groups excluding carboxylic acids is 1. The van der Waals surface area contributed by atoms with Crippen LogP contribution >= 0.6 is 11.6 Å². The van der Waals surface area contributed by atoms with E-state index in [-0.39, 0.29) is 5.91 Å². The molecule has 1 aromatic heterocycles. The molecule has 5 nitrogen and oxygen atoms in total. The second kappa shape index (κ2) is 4.96. The molecule has 2 aliphatic rings. The number of amides is 1. The predicted octanol–water partition coefficient (Wildman–Crippen LogP) is 1.64. The van der Waals surface area contributed by atoms with Crippen LogP contribution in [0.1, 0.15) is 36.6 Å². The normalized spacial score (nSPS) is 20.1. The molecule has 1 amide bonds. The zero-order valence-electron chi connectivity index (χ0n) is 10.9. The van der Waals surface area contributed by atoms with Crippen molar-refractivity contribution in [2.24, 2.45) is 0 Å². The van der Waals surface area contributed by atoms with Gasteiger partial charge in [0.15, 0.2) is 0 Å². The Kier molecular flexibility index (Phi) is 3.31. The van der Waals surface area contributed by atoms with Gasteiger partial charge in [0.05, 0.1) is 6.54 Å². The zero-order valence-corrected chi connectivity index (χ0v) is 11.7. The molecule has 0 bridgehead atoms. The van der Waals surface area contributed by atoms with Gasteiger partial charge in [-0.2, -0.15) is 0 Å². The number of nitrogens with one attached hydrogen (secondary N) is 1. The molecule has 2 fully saturated rings. The SMILES string of the molecule is Cc1c(Cl)nc(C2CC2)nc1N1CCCNC(=O)C1. The van der Waals surface area contributed by atoms with Crippen molar-refractivity contribution in [2.75, 3.05) is 24.5 Å². The first-order valence-electron chi connectivity index (χ1n) is 6.71. The molecule has 0 radical (unpaired) electrons. The van der Waals surface area contributed by atoms with Gasteiger partial charge in [0, 0.05) is 24.6 Å². The van der Waals surface area contributed by atoms with Gasteiger partial charge < -0.3 is 10.2 Å². The summed E-state index contributed by atoms with van der Waals surface area (Å²) in [6.45, 7) is 3.80. The minimum atomic E-state index is 0.0413. The lowest BCUT2D eigenvalue weighted by Gasteiger charge is -2.22. The van der Waals surface area contributed by atoms with Gasteiger partial charge in [-0.05, 0) is 26.2 Å². The van der Waals surface area contributed by atoms with Crippen molar-refractivity contribution in [1.29, 1.82) is 0 Å². The number of halogens is 1. The molecular formula is C13H17ClN4O. The van der Waals surface area contributed by atoms with Gasteiger partial charge in [-0.3, -0.25) is 4.79 Å². The number of nitrogens with zero attached hydrogens (tertiary/aromatic N) is 3. The van der Waals surface area contributed by atoms with E-state index in [2.05, 4.69) is 15.3 Å². The maximum absolute atomic E-state index is 11.7. The number of aromatic nitrogens is 2. The minimum Gasteiger partial charge on any atom is -0.354 e. The fraction of sp³-hybridized carbons (Fsp3) is 0.615. The largest absolute Gasteiger partial charge is 0.354 e. The summed E-state index contributed by atoms with van der Waals surface area (Å²) in [5, 5.41) is 3.38. The van der Waals surface area contributed by atoms with Crippen molar-refractivity contribution in [3.8, 4) is 0 Å². The van der Waals surface area contributed by atoms with Crippen LogP contribution in [0.4, 0.5) is 5.82 Å². The van der Waals surface area contributed by atoms with Crippen LogP contribution in [0, 0.1) is 6.92 Å². The molecular weight excluding hydrogens is 264 g/mol. The number of hydrogen-bond donors (Lipinski definition) is 1. The van der Waals surface area contributed by atoms with Crippen LogP contribution in [0.5, 0.6) is 0 Å². The van der Waals surface area contributed by atoms with E-state index in [9.17, 15) is 4.79 Å². The summed E-state index contributed by atoms with van der Waals surface area (Å²) in [6, 6.07) is 0. The molecule has 2 heterocycles. The van der Waals surface area contributed by atoms with Crippen LogP contribution in [0.2, 0.25) is 5.15 Å². The second-order valence-corrected chi connectivity index (χ2v) is 5.58. The van der Waals surface area contributed by atoms with Crippen molar-refractivity contribution >= 4 is 23.3 Å². The lowest BCUT2D eigenvalue weighted by Crippen LogP contribution is -2.34. The summed E-state index contributed by atoms with van der Waals surface area (Å²) in [6.07, 6.45) is 3.20. The average molecular weight is 281 g/mol. The smallest absolute Gasteiger partial charge is 0.239 e. The first kappa shape index (κ1) is 12.7. The van der Waals surface area contributed by atoms with Crippen LogP contribution in [-0.4, -0.2) is 35.5 Å². The van der Waals surface area contributed by atoms with Crippen molar-refractivity contribution in [1.82, 2.24) is 15.3 Å². The van der Waals surface area contributed by atoms with E-state index in [1.807, 2.05) is 11.8 Å². The van der Waals surface area contributed by atoms with E-state index in [0.717, 1.165) is 49.6 Å². The molecule has 1 saturated carbocycles. The van der Waals surface area contributed by atoms with Crippen LogP contribution < -0.4 is 10.2 Å². The van der Waals surface area contributed by atoms with E-state index in [0.29, 0.717) is 17.6 Å². The molecule has 1 saturated heterocycles.